The Hall–Kier alpha value is -4.30. The van der Waals surface area contributed by atoms with E-state index in [4.69, 9.17) is 14.2 Å². The molecule has 0 saturated carbocycles. The van der Waals surface area contributed by atoms with Crippen molar-refractivity contribution in [1.82, 2.24) is 4.90 Å². The zero-order valence-electron chi connectivity index (χ0n) is 21.6. The van der Waals surface area contributed by atoms with Crippen LogP contribution in [0.1, 0.15) is 34.7 Å². The molecule has 4 rings (SSSR count). The fourth-order valence-corrected chi connectivity index (χ4v) is 4.58. The van der Waals surface area contributed by atoms with Crippen LogP contribution in [-0.4, -0.2) is 54.2 Å². The number of benzene rings is 3. The summed E-state index contributed by atoms with van der Waals surface area (Å²) in [6.07, 6.45) is 0.502. The van der Waals surface area contributed by atoms with Crippen molar-refractivity contribution >= 4 is 17.4 Å². The molecular weight excluding hydrogens is 486 g/mol. The Morgan fingerprint density at radius 3 is 2.45 bits per heavy atom. The molecule has 38 heavy (non-hydrogen) atoms. The summed E-state index contributed by atoms with van der Waals surface area (Å²) in [6, 6.07) is 18.7. The molecule has 0 spiro atoms. The van der Waals surface area contributed by atoms with Crippen LogP contribution in [0.3, 0.4) is 0 Å². The zero-order valence-corrected chi connectivity index (χ0v) is 21.6. The summed E-state index contributed by atoms with van der Waals surface area (Å²) in [5.41, 5.74) is 2.62. The Morgan fingerprint density at radius 1 is 1.00 bits per heavy atom. The van der Waals surface area contributed by atoms with Crippen LogP contribution in [0.15, 0.2) is 72.3 Å². The maximum atomic E-state index is 13.3. The van der Waals surface area contributed by atoms with E-state index in [0.717, 1.165) is 5.56 Å². The van der Waals surface area contributed by atoms with E-state index in [9.17, 15) is 19.8 Å². The number of Topliss-reactive ketones (excluding diaryl/α,β-unsaturated/α-hetero) is 1. The Balaban J connectivity index is 1.72. The molecule has 1 heterocycles. The average molecular weight is 518 g/mol. The molecule has 1 amide bonds. The molecule has 1 atom stereocenters. The van der Waals surface area contributed by atoms with Gasteiger partial charge in [-0.1, -0.05) is 36.4 Å². The van der Waals surface area contributed by atoms with Gasteiger partial charge in [0.1, 0.15) is 18.1 Å². The summed E-state index contributed by atoms with van der Waals surface area (Å²) in [5.74, 6) is -1.03. The van der Waals surface area contributed by atoms with Gasteiger partial charge in [-0.25, -0.2) is 0 Å². The summed E-state index contributed by atoms with van der Waals surface area (Å²) in [7, 11) is 2.98. The van der Waals surface area contributed by atoms with E-state index in [-0.39, 0.29) is 29.4 Å². The largest absolute Gasteiger partial charge is 0.507 e. The first-order valence-corrected chi connectivity index (χ1v) is 12.3. The van der Waals surface area contributed by atoms with Gasteiger partial charge in [-0.3, -0.25) is 9.59 Å². The van der Waals surface area contributed by atoms with E-state index in [1.807, 2.05) is 30.3 Å². The topological polar surface area (TPSA) is 106 Å². The molecule has 0 radical (unpaired) electrons. The maximum Gasteiger partial charge on any atom is 0.295 e. The average Bonchev–Trinajstić information content (AvgIpc) is 3.17. The number of ether oxygens (including phenoxy) is 3. The number of hydrogen-bond acceptors (Lipinski definition) is 7. The van der Waals surface area contributed by atoms with E-state index < -0.39 is 17.7 Å². The smallest absolute Gasteiger partial charge is 0.295 e. The number of hydrogen-bond donors (Lipinski definition) is 2. The van der Waals surface area contributed by atoms with Gasteiger partial charge in [-0.15, -0.1) is 0 Å². The van der Waals surface area contributed by atoms with E-state index in [1.165, 1.54) is 18.1 Å². The molecule has 2 N–H and O–H groups in total. The lowest BCUT2D eigenvalue weighted by Gasteiger charge is -2.26. The van der Waals surface area contributed by atoms with Gasteiger partial charge >= 0.3 is 0 Å². The predicted octanol–water partition coefficient (Wildman–Crippen LogP) is 4.75. The molecule has 8 heteroatoms. The Morgan fingerprint density at radius 2 is 1.76 bits per heavy atom. The Labute approximate surface area is 221 Å². The molecule has 0 aromatic heterocycles. The van der Waals surface area contributed by atoms with Crippen molar-refractivity contribution in [2.75, 3.05) is 27.4 Å². The number of methoxy groups -OCH3 is 2. The molecule has 1 aliphatic heterocycles. The first kappa shape index (κ1) is 26.8. The molecule has 1 aliphatic rings. The fraction of sp³-hybridized carbons (Fsp3) is 0.267. The van der Waals surface area contributed by atoms with Crippen LogP contribution in [0.5, 0.6) is 17.2 Å². The first-order valence-electron chi connectivity index (χ1n) is 12.3. The number of aliphatic hydroxyl groups is 1. The van der Waals surface area contributed by atoms with Crippen LogP contribution in [0.25, 0.3) is 5.76 Å². The standard InChI is InChI=1S/C30H31NO7/c1-19-16-22(38-18-20-8-5-4-6-9-20)11-12-23(19)28(33)26-27(21-10-13-24(32)25(17-21)37-3)31(14-7-15-36-2)30(35)29(26)34/h4-6,8-13,16-17,27,32-33H,7,14-15,18H2,1-3H3/b28-26+/t27-/m0/s1. The number of amides is 1. The van der Waals surface area contributed by atoms with Crippen molar-refractivity contribution < 1.29 is 34.0 Å². The highest BCUT2D eigenvalue weighted by Crippen LogP contribution is 2.42. The summed E-state index contributed by atoms with van der Waals surface area (Å²) < 4.78 is 16.3. The van der Waals surface area contributed by atoms with Crippen LogP contribution < -0.4 is 9.47 Å². The van der Waals surface area contributed by atoms with E-state index in [1.54, 1.807) is 44.4 Å². The number of phenols is 1. The zero-order chi connectivity index (χ0) is 27.2. The molecule has 1 saturated heterocycles. The number of aryl methyl sites for hydroxylation is 1. The van der Waals surface area contributed by atoms with Crippen LogP contribution >= 0.6 is 0 Å². The third-order valence-electron chi connectivity index (χ3n) is 6.51. The summed E-state index contributed by atoms with van der Waals surface area (Å²) >= 11 is 0. The molecule has 8 nitrogen and oxygen atoms in total. The minimum absolute atomic E-state index is 0.0267. The first-order chi connectivity index (χ1) is 18.3. The van der Waals surface area contributed by atoms with Crippen molar-refractivity contribution in [1.29, 1.82) is 0 Å². The number of rotatable bonds is 10. The van der Waals surface area contributed by atoms with E-state index in [0.29, 0.717) is 42.1 Å². The van der Waals surface area contributed by atoms with Crippen molar-refractivity contribution in [2.24, 2.45) is 0 Å². The van der Waals surface area contributed by atoms with Crippen molar-refractivity contribution in [3.63, 3.8) is 0 Å². The summed E-state index contributed by atoms with van der Waals surface area (Å²) in [4.78, 5) is 27.8. The number of likely N-dealkylation sites (tertiary alicyclic amines) is 1. The Kier molecular flexibility index (Phi) is 8.33. The van der Waals surface area contributed by atoms with Gasteiger partial charge in [-0.2, -0.15) is 0 Å². The molecule has 0 unspecified atom stereocenters. The molecule has 0 aliphatic carbocycles. The van der Waals surface area contributed by atoms with Crippen molar-refractivity contribution in [3.05, 3.63) is 94.6 Å². The second-order valence-electron chi connectivity index (χ2n) is 9.02. The number of aromatic hydroxyl groups is 1. The van der Waals surface area contributed by atoms with Crippen LogP contribution in [-0.2, 0) is 20.9 Å². The van der Waals surface area contributed by atoms with E-state index >= 15 is 0 Å². The van der Waals surface area contributed by atoms with Crippen molar-refractivity contribution in [2.45, 2.75) is 26.0 Å². The third kappa shape index (κ3) is 5.50. The summed E-state index contributed by atoms with van der Waals surface area (Å²) in [5, 5.41) is 21.5. The lowest BCUT2D eigenvalue weighted by atomic mass is 9.93. The normalized spacial score (nSPS) is 16.6. The number of aliphatic hydroxyl groups excluding tert-OH is 1. The number of carbonyl (C=O) groups excluding carboxylic acids is 2. The third-order valence-corrected chi connectivity index (χ3v) is 6.51. The maximum absolute atomic E-state index is 13.3. The van der Waals surface area contributed by atoms with Crippen LogP contribution in [0.2, 0.25) is 0 Å². The lowest BCUT2D eigenvalue weighted by Crippen LogP contribution is -2.31. The minimum atomic E-state index is -0.866. The van der Waals surface area contributed by atoms with Gasteiger partial charge in [0.05, 0.1) is 18.7 Å². The minimum Gasteiger partial charge on any atom is -0.507 e. The van der Waals surface area contributed by atoms with Gasteiger partial charge in [0.15, 0.2) is 11.5 Å². The molecular formula is C30H31NO7. The van der Waals surface area contributed by atoms with Crippen molar-refractivity contribution in [3.8, 4) is 17.2 Å². The quantitative estimate of drug-likeness (QED) is 0.173. The Bertz CT molecular complexity index is 1350. The van der Waals surface area contributed by atoms with Gasteiger partial charge in [0.2, 0.25) is 0 Å². The second kappa shape index (κ2) is 11.8. The van der Waals surface area contributed by atoms with Gasteiger partial charge in [0.25, 0.3) is 11.7 Å². The second-order valence-corrected chi connectivity index (χ2v) is 9.02. The SMILES string of the molecule is COCCCN1C(=O)C(=O)/C(=C(/O)c2ccc(OCc3ccccc3)cc2C)[C@@H]1c1ccc(O)c(OC)c1. The highest BCUT2D eigenvalue weighted by molar-refractivity contribution is 6.46. The monoisotopic (exact) mass is 517 g/mol. The number of carbonyl (C=O) groups is 2. The van der Waals surface area contributed by atoms with E-state index in [2.05, 4.69) is 0 Å². The van der Waals surface area contributed by atoms with Crippen LogP contribution in [0.4, 0.5) is 0 Å². The van der Waals surface area contributed by atoms with Gasteiger partial charge in [-0.05, 0) is 60.4 Å². The predicted molar refractivity (Wildman–Crippen MR) is 142 cm³/mol. The number of ketones is 1. The van der Waals surface area contributed by atoms with Gasteiger partial charge < -0.3 is 29.3 Å². The number of nitrogens with zero attached hydrogens (tertiary/aromatic N) is 1. The lowest BCUT2D eigenvalue weighted by molar-refractivity contribution is -0.140. The fourth-order valence-electron chi connectivity index (χ4n) is 4.58. The number of phenolic OH excluding ortho intramolecular Hbond substituents is 1. The highest BCUT2D eigenvalue weighted by Gasteiger charge is 2.46. The molecule has 0 bridgehead atoms. The molecule has 1 fully saturated rings. The molecule has 198 valence electrons. The van der Waals surface area contributed by atoms with Gasteiger partial charge in [0, 0.05) is 25.8 Å². The summed E-state index contributed by atoms with van der Waals surface area (Å²) in [6.45, 7) is 2.84. The molecule has 3 aromatic carbocycles. The molecule has 3 aromatic rings. The van der Waals surface area contributed by atoms with Crippen LogP contribution in [0, 0.1) is 6.92 Å². The highest BCUT2D eigenvalue weighted by atomic mass is 16.5.